The number of benzene rings is 2. The van der Waals surface area contributed by atoms with Crippen LogP contribution >= 0.6 is 27.3 Å². The minimum absolute atomic E-state index is 0.189. The van der Waals surface area contributed by atoms with Crippen LogP contribution in [-0.2, 0) is 10.0 Å². The lowest BCUT2D eigenvalue weighted by molar-refractivity contribution is 0.102. The zero-order valence-electron chi connectivity index (χ0n) is 17.9. The molecule has 9 heteroatoms. The fourth-order valence-corrected chi connectivity index (χ4v) is 6.39. The van der Waals surface area contributed by atoms with Crippen molar-refractivity contribution in [3.63, 3.8) is 0 Å². The molecule has 3 rings (SSSR count). The monoisotopic (exact) mass is 523 g/mol. The molecule has 0 radical (unpaired) electrons. The topological polar surface area (TPSA) is 79.4 Å². The van der Waals surface area contributed by atoms with E-state index in [9.17, 15) is 13.2 Å². The third-order valence-corrected chi connectivity index (χ3v) is 7.90. The largest absolute Gasteiger partial charge is 0.298 e. The van der Waals surface area contributed by atoms with E-state index >= 15 is 0 Å². The number of amides is 1. The maximum atomic E-state index is 13.1. The summed E-state index contributed by atoms with van der Waals surface area (Å²) in [5.74, 6) is 0.0974. The second-order valence-electron chi connectivity index (χ2n) is 8.19. The molecule has 0 saturated heterocycles. The van der Waals surface area contributed by atoms with Crippen LogP contribution in [0.1, 0.15) is 38.1 Å². The summed E-state index contributed by atoms with van der Waals surface area (Å²) in [5, 5.41) is 3.29. The van der Waals surface area contributed by atoms with Crippen LogP contribution in [0.4, 0.5) is 5.13 Å². The molecular weight excluding hydrogens is 498 g/mol. The van der Waals surface area contributed by atoms with Gasteiger partial charge in [-0.25, -0.2) is 13.4 Å². The third-order valence-electron chi connectivity index (χ3n) is 4.48. The second-order valence-corrected chi connectivity index (χ2v) is 12.0. The van der Waals surface area contributed by atoms with E-state index < -0.39 is 10.0 Å². The summed E-state index contributed by atoms with van der Waals surface area (Å²) in [4.78, 5) is 17.3. The zero-order valence-corrected chi connectivity index (χ0v) is 21.1. The first-order chi connectivity index (χ1) is 14.6. The number of thiazole rings is 1. The van der Waals surface area contributed by atoms with Crippen molar-refractivity contribution < 1.29 is 13.2 Å². The molecule has 1 aromatic heterocycles. The Bertz CT molecular complexity index is 1160. The predicted molar refractivity (Wildman–Crippen MR) is 130 cm³/mol. The number of para-hydroxylation sites is 1. The highest BCUT2D eigenvalue weighted by atomic mass is 79.9. The highest BCUT2D eigenvalue weighted by molar-refractivity contribution is 9.10. The van der Waals surface area contributed by atoms with E-state index in [0.29, 0.717) is 23.8 Å². The van der Waals surface area contributed by atoms with Gasteiger partial charge in [-0.15, -0.1) is 0 Å². The van der Waals surface area contributed by atoms with E-state index in [0.717, 1.165) is 14.7 Å². The van der Waals surface area contributed by atoms with E-state index in [2.05, 4.69) is 26.2 Å². The van der Waals surface area contributed by atoms with Gasteiger partial charge in [0.15, 0.2) is 5.13 Å². The molecule has 0 fully saturated rings. The minimum atomic E-state index is -3.63. The average Bonchev–Trinajstić information content (AvgIpc) is 3.10. The summed E-state index contributed by atoms with van der Waals surface area (Å²) in [7, 11) is -3.63. The zero-order chi connectivity index (χ0) is 22.8. The number of aromatic nitrogens is 1. The van der Waals surface area contributed by atoms with E-state index in [4.69, 9.17) is 0 Å². The Hall–Kier alpha value is -1.81. The van der Waals surface area contributed by atoms with Crippen molar-refractivity contribution >= 4 is 58.5 Å². The normalized spacial score (nSPS) is 12.3. The number of fused-ring (bicyclic) bond motifs is 1. The molecule has 1 heterocycles. The van der Waals surface area contributed by atoms with Gasteiger partial charge in [0.05, 0.1) is 15.1 Å². The van der Waals surface area contributed by atoms with Crippen molar-refractivity contribution in [1.29, 1.82) is 0 Å². The number of sulfonamides is 1. The lowest BCUT2D eigenvalue weighted by Crippen LogP contribution is -2.37. The first-order valence-electron chi connectivity index (χ1n) is 10.0. The van der Waals surface area contributed by atoms with Gasteiger partial charge in [0.2, 0.25) is 10.0 Å². The average molecular weight is 525 g/mol. The van der Waals surface area contributed by atoms with Crippen LogP contribution in [-0.4, -0.2) is 36.7 Å². The van der Waals surface area contributed by atoms with Crippen molar-refractivity contribution in [2.45, 2.75) is 32.6 Å². The molecule has 0 aliphatic rings. The Morgan fingerprint density at radius 3 is 2.23 bits per heavy atom. The summed E-state index contributed by atoms with van der Waals surface area (Å²) in [6.07, 6.45) is 0. The van der Waals surface area contributed by atoms with Crippen molar-refractivity contribution in [3.05, 3.63) is 52.5 Å². The lowest BCUT2D eigenvalue weighted by atomic mass is 10.2. The van der Waals surface area contributed by atoms with Gasteiger partial charge in [-0.1, -0.05) is 45.1 Å². The highest BCUT2D eigenvalue weighted by Crippen LogP contribution is 2.31. The molecule has 1 amide bonds. The summed E-state index contributed by atoms with van der Waals surface area (Å²) >= 11 is 4.84. The lowest BCUT2D eigenvalue weighted by Gasteiger charge is -2.25. The quantitative estimate of drug-likeness (QED) is 0.415. The van der Waals surface area contributed by atoms with Crippen LogP contribution in [0, 0.1) is 11.8 Å². The molecule has 0 aliphatic carbocycles. The number of halogens is 1. The molecule has 0 aliphatic heterocycles. The van der Waals surface area contributed by atoms with Crippen LogP contribution in [0.5, 0.6) is 0 Å². The first-order valence-corrected chi connectivity index (χ1v) is 13.1. The summed E-state index contributed by atoms with van der Waals surface area (Å²) in [6, 6.07) is 11.8. The Labute approximate surface area is 195 Å². The Morgan fingerprint density at radius 2 is 1.68 bits per heavy atom. The van der Waals surface area contributed by atoms with Crippen LogP contribution in [0.3, 0.4) is 0 Å². The number of rotatable bonds is 8. The van der Waals surface area contributed by atoms with Crippen molar-refractivity contribution in [1.82, 2.24) is 9.29 Å². The predicted octanol–water partition coefficient (Wildman–Crippen LogP) is 5.61. The van der Waals surface area contributed by atoms with Gasteiger partial charge in [-0.3, -0.25) is 10.1 Å². The molecule has 0 atom stereocenters. The van der Waals surface area contributed by atoms with Crippen LogP contribution in [0.25, 0.3) is 10.2 Å². The second kappa shape index (κ2) is 9.77. The number of hydrogen-bond donors (Lipinski definition) is 1. The van der Waals surface area contributed by atoms with Gasteiger partial charge in [0.25, 0.3) is 5.91 Å². The molecule has 166 valence electrons. The smallest absolute Gasteiger partial charge is 0.257 e. The number of carbonyl (C=O) groups excluding carboxylic acids is 1. The minimum Gasteiger partial charge on any atom is -0.298 e. The van der Waals surface area contributed by atoms with Crippen LogP contribution < -0.4 is 5.32 Å². The summed E-state index contributed by atoms with van der Waals surface area (Å²) in [5.41, 5.74) is 1.16. The maximum Gasteiger partial charge on any atom is 0.257 e. The third kappa shape index (κ3) is 5.71. The molecule has 2 aromatic carbocycles. The van der Waals surface area contributed by atoms with E-state index in [1.807, 2.05) is 45.9 Å². The standard InChI is InChI=1S/C22H26BrN3O3S2/c1-14(2)12-26(13-15(3)4)31(28,29)17-10-8-16(9-11-17)21(27)25-22-24-20-18(23)6-5-7-19(20)30-22/h5-11,14-15H,12-13H2,1-4H3,(H,24,25,27). The number of carbonyl (C=O) groups is 1. The molecule has 31 heavy (non-hydrogen) atoms. The summed E-state index contributed by atoms with van der Waals surface area (Å²) < 4.78 is 29.6. The number of nitrogens with zero attached hydrogens (tertiary/aromatic N) is 2. The van der Waals surface area contributed by atoms with Crippen molar-refractivity contribution in [3.8, 4) is 0 Å². The molecule has 0 saturated carbocycles. The van der Waals surface area contributed by atoms with Gasteiger partial charge >= 0.3 is 0 Å². The van der Waals surface area contributed by atoms with E-state index in [-0.39, 0.29) is 22.6 Å². The summed E-state index contributed by atoms with van der Waals surface area (Å²) in [6.45, 7) is 8.90. The highest BCUT2D eigenvalue weighted by Gasteiger charge is 2.26. The van der Waals surface area contributed by atoms with Crippen LogP contribution in [0.15, 0.2) is 51.8 Å². The van der Waals surface area contributed by atoms with Gasteiger partial charge in [0, 0.05) is 23.1 Å². The number of nitrogens with one attached hydrogen (secondary N) is 1. The SMILES string of the molecule is CC(C)CN(CC(C)C)S(=O)(=O)c1ccc(C(=O)Nc2nc3c(Br)cccc3s2)cc1. The first kappa shape index (κ1) is 23.8. The maximum absolute atomic E-state index is 13.1. The number of hydrogen-bond acceptors (Lipinski definition) is 5. The molecule has 3 aromatic rings. The molecular formula is C22H26BrN3O3S2. The molecule has 1 N–H and O–H groups in total. The van der Waals surface area contributed by atoms with Crippen LogP contribution in [0.2, 0.25) is 0 Å². The van der Waals surface area contributed by atoms with Crippen molar-refractivity contribution in [2.75, 3.05) is 18.4 Å². The number of anilines is 1. The Kier molecular flexibility index (Phi) is 7.51. The van der Waals surface area contributed by atoms with E-state index in [1.54, 1.807) is 0 Å². The fourth-order valence-electron chi connectivity index (χ4n) is 3.15. The fraction of sp³-hybridized carbons (Fsp3) is 0.364. The molecule has 0 unspecified atom stereocenters. The molecule has 0 bridgehead atoms. The molecule has 0 spiro atoms. The van der Waals surface area contributed by atoms with Gasteiger partial charge in [0.1, 0.15) is 0 Å². The Morgan fingerprint density at radius 1 is 1.06 bits per heavy atom. The van der Waals surface area contributed by atoms with Gasteiger partial charge in [-0.2, -0.15) is 4.31 Å². The Balaban J connectivity index is 1.79. The van der Waals surface area contributed by atoms with Gasteiger partial charge < -0.3 is 0 Å². The van der Waals surface area contributed by atoms with Crippen molar-refractivity contribution in [2.24, 2.45) is 11.8 Å². The van der Waals surface area contributed by atoms with E-state index in [1.165, 1.54) is 39.9 Å². The molecule has 6 nitrogen and oxygen atoms in total. The van der Waals surface area contributed by atoms with Gasteiger partial charge in [-0.05, 0) is 64.2 Å².